The molecule has 3 unspecified atom stereocenters. The molecule has 4 nitrogen and oxygen atoms in total. The molecule has 0 aromatic rings. The van der Waals surface area contributed by atoms with Gasteiger partial charge in [-0.15, -0.1) is 0 Å². The first-order valence-electron chi connectivity index (χ1n) is 7.21. The maximum absolute atomic E-state index is 12.0. The summed E-state index contributed by atoms with van der Waals surface area (Å²) in [5, 5.41) is 9.20. The Morgan fingerprint density at radius 2 is 2.11 bits per heavy atom. The molecule has 0 aromatic heterocycles. The fraction of sp³-hybridized carbons (Fsp3) is 0.867. The molecular weight excluding hydrogens is 242 g/mol. The molecule has 0 amide bonds. The highest BCUT2D eigenvalue weighted by atomic mass is 16.6. The highest BCUT2D eigenvalue weighted by molar-refractivity contribution is 5.72. The molecule has 19 heavy (non-hydrogen) atoms. The van der Waals surface area contributed by atoms with Crippen LogP contribution in [0.4, 0.5) is 0 Å². The van der Waals surface area contributed by atoms with Gasteiger partial charge in [-0.05, 0) is 39.3 Å². The molecule has 1 N–H and O–H groups in total. The van der Waals surface area contributed by atoms with Crippen LogP contribution in [0.3, 0.4) is 0 Å². The SMILES string of the molecule is C=NC(C)(CC)CC(C)C(=O)OC(CO)CCCC. The summed E-state index contributed by atoms with van der Waals surface area (Å²) in [7, 11) is 0. The van der Waals surface area contributed by atoms with E-state index in [4.69, 9.17) is 4.74 Å². The highest BCUT2D eigenvalue weighted by Gasteiger charge is 2.28. The third-order valence-electron chi connectivity index (χ3n) is 3.66. The summed E-state index contributed by atoms with van der Waals surface area (Å²) in [5.74, 6) is -0.482. The second kappa shape index (κ2) is 9.08. The Morgan fingerprint density at radius 3 is 2.53 bits per heavy atom. The van der Waals surface area contributed by atoms with E-state index in [1.54, 1.807) is 0 Å². The molecule has 0 aromatic carbocycles. The molecule has 112 valence electrons. The van der Waals surface area contributed by atoms with E-state index in [0.717, 1.165) is 25.7 Å². The number of esters is 1. The Bertz CT molecular complexity index is 281. The van der Waals surface area contributed by atoms with Crippen molar-refractivity contribution in [2.24, 2.45) is 10.9 Å². The van der Waals surface area contributed by atoms with Gasteiger partial charge in [-0.1, -0.05) is 27.2 Å². The van der Waals surface area contributed by atoms with Gasteiger partial charge >= 0.3 is 5.97 Å². The van der Waals surface area contributed by atoms with Crippen LogP contribution in [0.15, 0.2) is 4.99 Å². The summed E-state index contributed by atoms with van der Waals surface area (Å²) in [6.07, 6.45) is 3.78. The molecule has 0 radical (unpaired) electrons. The van der Waals surface area contributed by atoms with E-state index < -0.39 is 0 Å². The molecule has 0 saturated carbocycles. The molecule has 0 saturated heterocycles. The number of aliphatic imine (C=N–C) groups is 1. The number of unbranched alkanes of at least 4 members (excludes halogenated alkanes) is 1. The fourth-order valence-corrected chi connectivity index (χ4v) is 1.96. The Kier molecular flexibility index (Phi) is 8.65. The van der Waals surface area contributed by atoms with Gasteiger partial charge < -0.3 is 9.84 Å². The number of carbonyl (C=O) groups is 1. The van der Waals surface area contributed by atoms with Crippen molar-refractivity contribution in [1.82, 2.24) is 0 Å². The monoisotopic (exact) mass is 271 g/mol. The van der Waals surface area contributed by atoms with Crippen molar-refractivity contribution in [3.05, 3.63) is 0 Å². The van der Waals surface area contributed by atoms with Gasteiger partial charge in [0.05, 0.1) is 18.1 Å². The summed E-state index contributed by atoms with van der Waals surface area (Å²) < 4.78 is 5.35. The number of aliphatic hydroxyl groups is 1. The van der Waals surface area contributed by atoms with E-state index in [-0.39, 0.29) is 30.1 Å². The average Bonchev–Trinajstić information content (AvgIpc) is 2.42. The van der Waals surface area contributed by atoms with E-state index in [0.29, 0.717) is 6.42 Å². The Labute approximate surface area is 117 Å². The molecule has 0 bridgehead atoms. The summed E-state index contributed by atoms with van der Waals surface area (Å²) in [5.41, 5.74) is -0.281. The molecule has 0 spiro atoms. The van der Waals surface area contributed by atoms with Crippen LogP contribution in [0.5, 0.6) is 0 Å². The molecule has 0 aliphatic heterocycles. The van der Waals surface area contributed by atoms with E-state index >= 15 is 0 Å². The third-order valence-corrected chi connectivity index (χ3v) is 3.66. The maximum Gasteiger partial charge on any atom is 0.309 e. The van der Waals surface area contributed by atoms with Crippen LogP contribution in [0.1, 0.15) is 59.8 Å². The number of hydrogen-bond acceptors (Lipinski definition) is 4. The lowest BCUT2D eigenvalue weighted by Gasteiger charge is -2.26. The highest BCUT2D eigenvalue weighted by Crippen LogP contribution is 2.25. The number of carbonyl (C=O) groups excluding carboxylic acids is 1. The van der Waals surface area contributed by atoms with Crippen molar-refractivity contribution >= 4 is 12.7 Å². The van der Waals surface area contributed by atoms with Gasteiger partial charge in [0.1, 0.15) is 6.10 Å². The molecular formula is C15H29NO3. The van der Waals surface area contributed by atoms with Crippen LogP contribution in [0.25, 0.3) is 0 Å². The van der Waals surface area contributed by atoms with Crippen molar-refractivity contribution in [1.29, 1.82) is 0 Å². The van der Waals surface area contributed by atoms with Crippen LogP contribution in [-0.2, 0) is 9.53 Å². The summed E-state index contributed by atoms with van der Waals surface area (Å²) in [6.45, 7) is 11.4. The first-order chi connectivity index (χ1) is 8.92. The second-order valence-electron chi connectivity index (χ2n) is 5.50. The zero-order valence-corrected chi connectivity index (χ0v) is 12.8. The van der Waals surface area contributed by atoms with Crippen LogP contribution in [-0.4, -0.2) is 36.0 Å². The number of nitrogens with zero attached hydrogens (tertiary/aromatic N) is 1. The minimum Gasteiger partial charge on any atom is -0.460 e. The average molecular weight is 271 g/mol. The lowest BCUT2D eigenvalue weighted by atomic mass is 9.88. The van der Waals surface area contributed by atoms with Gasteiger partial charge in [0.15, 0.2) is 0 Å². The molecule has 0 aliphatic carbocycles. The van der Waals surface area contributed by atoms with Gasteiger partial charge in [0.25, 0.3) is 0 Å². The van der Waals surface area contributed by atoms with Gasteiger partial charge in [0.2, 0.25) is 0 Å². The molecule has 3 atom stereocenters. The zero-order valence-electron chi connectivity index (χ0n) is 12.8. The smallest absolute Gasteiger partial charge is 0.309 e. The zero-order chi connectivity index (χ0) is 14.9. The topological polar surface area (TPSA) is 58.9 Å². The van der Waals surface area contributed by atoms with Crippen molar-refractivity contribution in [3.8, 4) is 0 Å². The van der Waals surface area contributed by atoms with E-state index in [9.17, 15) is 9.90 Å². The van der Waals surface area contributed by atoms with Crippen LogP contribution in [0, 0.1) is 5.92 Å². The van der Waals surface area contributed by atoms with Crippen molar-refractivity contribution in [3.63, 3.8) is 0 Å². The summed E-state index contributed by atoms with van der Waals surface area (Å²) >= 11 is 0. The summed E-state index contributed by atoms with van der Waals surface area (Å²) in [6, 6.07) is 0. The van der Waals surface area contributed by atoms with E-state index in [2.05, 4.69) is 18.6 Å². The Hall–Kier alpha value is -0.900. The molecule has 0 heterocycles. The number of aliphatic hydroxyl groups excluding tert-OH is 1. The molecule has 0 aliphatic rings. The van der Waals surface area contributed by atoms with Gasteiger partial charge in [0, 0.05) is 0 Å². The van der Waals surface area contributed by atoms with Crippen LogP contribution in [0.2, 0.25) is 0 Å². The second-order valence-corrected chi connectivity index (χ2v) is 5.50. The fourth-order valence-electron chi connectivity index (χ4n) is 1.96. The first kappa shape index (κ1) is 18.1. The van der Waals surface area contributed by atoms with E-state index in [1.807, 2.05) is 20.8 Å². The Morgan fingerprint density at radius 1 is 1.47 bits per heavy atom. The predicted octanol–water partition coefficient (Wildman–Crippen LogP) is 2.98. The lowest BCUT2D eigenvalue weighted by molar-refractivity contribution is -0.156. The summed E-state index contributed by atoms with van der Waals surface area (Å²) in [4.78, 5) is 16.1. The van der Waals surface area contributed by atoms with Gasteiger partial charge in [-0.2, -0.15) is 0 Å². The van der Waals surface area contributed by atoms with Crippen molar-refractivity contribution in [2.75, 3.05) is 6.61 Å². The standard InChI is InChI=1S/C15H29NO3/c1-6-8-9-13(11-17)19-14(18)12(3)10-15(4,7-2)16-5/h12-13,17H,5-11H2,1-4H3. The molecule has 0 fully saturated rings. The predicted molar refractivity (Wildman–Crippen MR) is 78.5 cm³/mol. The minimum absolute atomic E-state index is 0.108. The molecule has 4 heteroatoms. The van der Waals surface area contributed by atoms with Gasteiger partial charge in [-0.3, -0.25) is 9.79 Å². The van der Waals surface area contributed by atoms with Crippen molar-refractivity contribution in [2.45, 2.75) is 71.4 Å². The van der Waals surface area contributed by atoms with Crippen LogP contribution >= 0.6 is 0 Å². The normalized spacial score (nSPS) is 17.3. The number of ether oxygens (including phenoxy) is 1. The third kappa shape index (κ3) is 6.71. The first-order valence-corrected chi connectivity index (χ1v) is 7.21. The Balaban J connectivity index is 4.35. The van der Waals surface area contributed by atoms with E-state index in [1.165, 1.54) is 0 Å². The number of hydrogen-bond donors (Lipinski definition) is 1. The number of rotatable bonds is 10. The van der Waals surface area contributed by atoms with Crippen molar-refractivity contribution < 1.29 is 14.6 Å². The maximum atomic E-state index is 12.0. The largest absolute Gasteiger partial charge is 0.460 e. The van der Waals surface area contributed by atoms with Gasteiger partial charge in [-0.25, -0.2) is 0 Å². The van der Waals surface area contributed by atoms with Crippen LogP contribution < -0.4 is 0 Å². The lowest BCUT2D eigenvalue weighted by Crippen LogP contribution is -2.31. The minimum atomic E-state index is -0.375. The quantitative estimate of drug-likeness (QED) is 0.491. The molecule has 0 rings (SSSR count).